The molecule has 0 spiro atoms. The Balaban J connectivity index is 2.55. The van der Waals surface area contributed by atoms with Gasteiger partial charge in [-0.05, 0) is 62.3 Å². The van der Waals surface area contributed by atoms with Crippen molar-refractivity contribution in [3.05, 3.63) is 42.0 Å². The van der Waals surface area contributed by atoms with Crippen LogP contribution in [-0.4, -0.2) is 11.9 Å². The van der Waals surface area contributed by atoms with Crippen LogP contribution in [0.1, 0.15) is 43.7 Å². The van der Waals surface area contributed by atoms with Crippen LogP contribution < -0.4 is 0 Å². The largest absolute Gasteiger partial charge is 0.313 e. The van der Waals surface area contributed by atoms with Gasteiger partial charge in [-0.3, -0.25) is 0 Å². The lowest BCUT2D eigenvalue weighted by atomic mass is 9.90. The van der Waals surface area contributed by atoms with E-state index < -0.39 is 0 Å². The number of rotatable bonds is 9. The van der Waals surface area contributed by atoms with Gasteiger partial charge >= 0.3 is 0 Å². The summed E-state index contributed by atoms with van der Waals surface area (Å²) in [6.07, 6.45) is 8.17. The molecule has 0 aliphatic rings. The Bertz CT molecular complexity index is 435. The Hall–Kier alpha value is -1.70. The van der Waals surface area contributed by atoms with Gasteiger partial charge in [-0.15, -0.1) is 0 Å². The highest BCUT2D eigenvalue weighted by Gasteiger charge is 2.09. The van der Waals surface area contributed by atoms with E-state index >= 15 is 0 Å². The van der Waals surface area contributed by atoms with Crippen LogP contribution in [0.4, 0.5) is 0 Å². The summed E-state index contributed by atoms with van der Waals surface area (Å²) in [7, 11) is 0. The van der Waals surface area contributed by atoms with Gasteiger partial charge in [-0.25, -0.2) is 0 Å². The number of nitrogens with one attached hydrogen (secondary N) is 2. The lowest BCUT2D eigenvalue weighted by Gasteiger charge is -2.15. The van der Waals surface area contributed by atoms with Crippen molar-refractivity contribution < 1.29 is 0 Å². The maximum Gasteiger partial charge on any atom is 0.00609 e. The lowest BCUT2D eigenvalue weighted by Crippen LogP contribution is -2.07. The van der Waals surface area contributed by atoms with Gasteiger partial charge in [0.15, 0.2) is 0 Å². The van der Waals surface area contributed by atoms with Gasteiger partial charge in [-0.2, -0.15) is 0 Å². The van der Waals surface area contributed by atoms with Gasteiger partial charge in [0.2, 0.25) is 0 Å². The first-order valence-corrected chi connectivity index (χ1v) is 6.90. The highest BCUT2D eigenvalue weighted by Crippen LogP contribution is 2.19. The van der Waals surface area contributed by atoms with Gasteiger partial charge in [0.05, 0.1) is 0 Å². The van der Waals surface area contributed by atoms with Crippen molar-refractivity contribution in [1.82, 2.24) is 0 Å². The molecule has 19 heavy (non-hydrogen) atoms. The summed E-state index contributed by atoms with van der Waals surface area (Å²) in [5, 5.41) is 14.8. The molecular formula is C17H24N2. The number of aryl methyl sites for hydroxylation is 1. The minimum Gasteiger partial charge on any atom is -0.313 e. The summed E-state index contributed by atoms with van der Waals surface area (Å²) in [4.78, 5) is 0. The third kappa shape index (κ3) is 6.14. The minimum absolute atomic E-state index is 0.520. The van der Waals surface area contributed by atoms with E-state index in [4.69, 9.17) is 10.8 Å². The van der Waals surface area contributed by atoms with Gasteiger partial charge in [0, 0.05) is 5.71 Å². The molecule has 0 aliphatic heterocycles. The highest BCUT2D eigenvalue weighted by molar-refractivity contribution is 5.78. The van der Waals surface area contributed by atoms with Crippen LogP contribution >= 0.6 is 0 Å². The molecule has 0 fully saturated rings. The molecule has 0 aliphatic carbocycles. The van der Waals surface area contributed by atoms with E-state index in [-0.39, 0.29) is 0 Å². The topological polar surface area (TPSA) is 47.7 Å². The molecule has 102 valence electrons. The number of benzene rings is 1. The second-order valence-corrected chi connectivity index (χ2v) is 5.12. The van der Waals surface area contributed by atoms with Crippen LogP contribution in [0.25, 0.3) is 6.08 Å². The fourth-order valence-electron chi connectivity index (χ4n) is 2.35. The van der Waals surface area contributed by atoms with Crippen molar-refractivity contribution in [3.63, 3.8) is 0 Å². The molecule has 1 rings (SSSR count). The van der Waals surface area contributed by atoms with Crippen molar-refractivity contribution >= 4 is 18.0 Å². The Morgan fingerprint density at radius 2 is 2.16 bits per heavy atom. The zero-order valence-electron chi connectivity index (χ0n) is 11.8. The third-order valence-electron chi connectivity index (χ3n) is 3.34. The minimum atomic E-state index is 0.520. The molecule has 2 nitrogen and oxygen atoms in total. The molecule has 0 amide bonds. The molecule has 2 heteroatoms. The predicted octanol–water partition coefficient (Wildman–Crippen LogP) is 4.74. The standard InChI is InChI=1S/C17H24N2/c1-3-15-6-4-7-17(13-15)10-9-16(8-5-11-18)12-14(2)19/h3-4,6-7,11,13,16,18-19H,1,5,8-10,12H2,2H3. The average Bonchev–Trinajstić information content (AvgIpc) is 2.41. The predicted molar refractivity (Wildman–Crippen MR) is 84.4 cm³/mol. The Labute approximate surface area is 116 Å². The normalized spacial score (nSPS) is 11.8. The smallest absolute Gasteiger partial charge is 0.00609 e. The number of hydrogen-bond acceptors (Lipinski definition) is 2. The Kier molecular flexibility index (Phi) is 6.80. The fraction of sp³-hybridized carbons (Fsp3) is 0.412. The van der Waals surface area contributed by atoms with Crippen LogP contribution in [0.15, 0.2) is 30.8 Å². The maximum atomic E-state index is 7.64. The van der Waals surface area contributed by atoms with Crippen LogP contribution in [0.5, 0.6) is 0 Å². The second kappa shape index (κ2) is 8.41. The van der Waals surface area contributed by atoms with Crippen LogP contribution in [0.2, 0.25) is 0 Å². The zero-order valence-corrected chi connectivity index (χ0v) is 11.8. The van der Waals surface area contributed by atoms with Crippen molar-refractivity contribution in [2.75, 3.05) is 0 Å². The van der Waals surface area contributed by atoms with Crippen molar-refractivity contribution in [3.8, 4) is 0 Å². The lowest BCUT2D eigenvalue weighted by molar-refractivity contribution is 0.475. The Morgan fingerprint density at radius 1 is 1.37 bits per heavy atom. The van der Waals surface area contributed by atoms with E-state index in [0.29, 0.717) is 5.92 Å². The molecule has 1 atom stereocenters. The van der Waals surface area contributed by atoms with E-state index in [9.17, 15) is 0 Å². The molecule has 2 N–H and O–H groups in total. The van der Waals surface area contributed by atoms with E-state index in [1.807, 2.05) is 13.0 Å². The SMILES string of the molecule is C=Cc1cccc(CCC(CCC=N)CC(C)=N)c1. The number of hydrogen-bond donors (Lipinski definition) is 2. The fourth-order valence-corrected chi connectivity index (χ4v) is 2.35. The molecule has 1 aromatic carbocycles. The van der Waals surface area contributed by atoms with E-state index in [1.54, 1.807) is 0 Å². The summed E-state index contributed by atoms with van der Waals surface area (Å²) in [5.41, 5.74) is 3.24. The summed E-state index contributed by atoms with van der Waals surface area (Å²) >= 11 is 0. The van der Waals surface area contributed by atoms with Crippen LogP contribution in [-0.2, 0) is 6.42 Å². The quantitative estimate of drug-likeness (QED) is 0.600. The molecule has 1 aromatic rings. The molecule has 0 aromatic heterocycles. The van der Waals surface area contributed by atoms with Gasteiger partial charge in [-0.1, -0.05) is 36.9 Å². The second-order valence-electron chi connectivity index (χ2n) is 5.12. The van der Waals surface area contributed by atoms with Gasteiger partial charge in [0.25, 0.3) is 0 Å². The first-order chi connectivity index (χ1) is 9.15. The summed E-state index contributed by atoms with van der Waals surface area (Å²) in [5.74, 6) is 0.520. The van der Waals surface area contributed by atoms with E-state index in [2.05, 4.69) is 30.8 Å². The molecule has 0 saturated carbocycles. The highest BCUT2D eigenvalue weighted by atomic mass is 14.4. The Morgan fingerprint density at radius 3 is 2.79 bits per heavy atom. The van der Waals surface area contributed by atoms with Crippen LogP contribution in [0.3, 0.4) is 0 Å². The van der Waals surface area contributed by atoms with Gasteiger partial charge in [0.1, 0.15) is 0 Å². The molecule has 0 bridgehead atoms. The van der Waals surface area contributed by atoms with Crippen LogP contribution in [0, 0.1) is 16.7 Å². The third-order valence-corrected chi connectivity index (χ3v) is 3.34. The average molecular weight is 256 g/mol. The van der Waals surface area contributed by atoms with E-state index in [1.165, 1.54) is 11.8 Å². The maximum absolute atomic E-state index is 7.64. The van der Waals surface area contributed by atoms with Crippen molar-refractivity contribution in [1.29, 1.82) is 10.8 Å². The van der Waals surface area contributed by atoms with Gasteiger partial charge < -0.3 is 10.8 Å². The van der Waals surface area contributed by atoms with Crippen molar-refractivity contribution in [2.45, 2.75) is 39.0 Å². The molecule has 0 saturated heterocycles. The first kappa shape index (κ1) is 15.4. The first-order valence-electron chi connectivity index (χ1n) is 6.90. The summed E-state index contributed by atoms with van der Waals surface area (Å²) in [6.45, 7) is 5.66. The molecule has 0 heterocycles. The molecular weight excluding hydrogens is 232 g/mol. The summed E-state index contributed by atoms with van der Waals surface area (Å²) < 4.78 is 0. The van der Waals surface area contributed by atoms with Crippen molar-refractivity contribution in [2.24, 2.45) is 5.92 Å². The monoisotopic (exact) mass is 256 g/mol. The zero-order chi connectivity index (χ0) is 14.1. The summed E-state index contributed by atoms with van der Waals surface area (Å²) in [6, 6.07) is 8.46. The molecule has 0 radical (unpaired) electrons. The van der Waals surface area contributed by atoms with E-state index in [0.717, 1.165) is 43.4 Å². The molecule has 1 unspecified atom stereocenters.